The Morgan fingerprint density at radius 3 is 2.78 bits per heavy atom. The van der Waals surface area contributed by atoms with E-state index in [0.717, 1.165) is 5.56 Å². The lowest BCUT2D eigenvalue weighted by Gasteiger charge is -2.13. The lowest BCUT2D eigenvalue weighted by Crippen LogP contribution is -2.25. The molecule has 1 fully saturated rings. The third kappa shape index (κ3) is 2.30. The van der Waals surface area contributed by atoms with Crippen molar-refractivity contribution in [2.24, 2.45) is 5.92 Å². The van der Waals surface area contributed by atoms with Gasteiger partial charge in [0.2, 0.25) is 11.8 Å². The highest BCUT2D eigenvalue weighted by atomic mass is 16.3. The molecule has 1 atom stereocenters. The van der Waals surface area contributed by atoms with Crippen LogP contribution in [0.1, 0.15) is 17.5 Å². The maximum atomic E-state index is 11.9. The van der Waals surface area contributed by atoms with Gasteiger partial charge in [0.25, 0.3) is 0 Å². The molecular formula is C13H16N2O3. The minimum absolute atomic E-state index is 0.0985. The van der Waals surface area contributed by atoms with Gasteiger partial charge in [0.05, 0.1) is 5.92 Å². The molecule has 96 valence electrons. The molecule has 1 unspecified atom stereocenters. The fourth-order valence-corrected chi connectivity index (χ4v) is 2.00. The maximum absolute atomic E-state index is 11.9. The van der Waals surface area contributed by atoms with Gasteiger partial charge in [-0.3, -0.25) is 9.59 Å². The monoisotopic (exact) mass is 248 g/mol. The minimum atomic E-state index is -0.333. The molecule has 1 aromatic rings. The molecule has 0 radical (unpaired) electrons. The predicted octanol–water partition coefficient (Wildman–Crippen LogP) is 1.08. The van der Waals surface area contributed by atoms with E-state index in [1.165, 1.54) is 0 Å². The molecule has 0 aliphatic carbocycles. The fraction of sp³-hybridized carbons (Fsp3) is 0.385. The van der Waals surface area contributed by atoms with Crippen LogP contribution < -0.4 is 10.6 Å². The number of benzene rings is 1. The molecular weight excluding hydrogens is 232 g/mol. The lowest BCUT2D eigenvalue weighted by molar-refractivity contribution is -0.123. The van der Waals surface area contributed by atoms with E-state index < -0.39 is 0 Å². The SMILES string of the molecule is Cc1ccc(NC(=O)C2CNC(=O)C2)c(C)c1O. The van der Waals surface area contributed by atoms with Crippen LogP contribution in [0.4, 0.5) is 5.69 Å². The highest BCUT2D eigenvalue weighted by Gasteiger charge is 2.28. The first-order valence-electron chi connectivity index (χ1n) is 5.85. The van der Waals surface area contributed by atoms with Crippen molar-refractivity contribution in [1.82, 2.24) is 5.32 Å². The third-order valence-electron chi connectivity index (χ3n) is 3.24. The molecule has 0 spiro atoms. The summed E-state index contributed by atoms with van der Waals surface area (Å²) in [5.74, 6) is -0.438. The largest absolute Gasteiger partial charge is 0.507 e. The highest BCUT2D eigenvalue weighted by molar-refractivity contribution is 5.97. The van der Waals surface area contributed by atoms with E-state index in [9.17, 15) is 14.7 Å². The van der Waals surface area contributed by atoms with Crippen LogP contribution in [0.5, 0.6) is 5.75 Å². The quantitative estimate of drug-likeness (QED) is 0.733. The Bertz CT molecular complexity index is 511. The summed E-state index contributed by atoms with van der Waals surface area (Å²) >= 11 is 0. The summed E-state index contributed by atoms with van der Waals surface area (Å²) in [5, 5.41) is 15.2. The number of rotatable bonds is 2. The zero-order valence-electron chi connectivity index (χ0n) is 10.4. The van der Waals surface area contributed by atoms with E-state index in [-0.39, 0.29) is 29.9 Å². The predicted molar refractivity (Wildman–Crippen MR) is 67.3 cm³/mol. The molecule has 0 aromatic heterocycles. The first-order valence-corrected chi connectivity index (χ1v) is 5.85. The molecule has 1 saturated heterocycles. The van der Waals surface area contributed by atoms with Crippen molar-refractivity contribution in [3.8, 4) is 5.75 Å². The van der Waals surface area contributed by atoms with Gasteiger partial charge in [-0.05, 0) is 25.5 Å². The number of aromatic hydroxyl groups is 1. The zero-order valence-corrected chi connectivity index (χ0v) is 10.4. The van der Waals surface area contributed by atoms with Crippen LogP contribution in [0.2, 0.25) is 0 Å². The lowest BCUT2D eigenvalue weighted by atomic mass is 10.1. The van der Waals surface area contributed by atoms with Crippen molar-refractivity contribution < 1.29 is 14.7 Å². The van der Waals surface area contributed by atoms with Crippen LogP contribution in [0.15, 0.2) is 12.1 Å². The van der Waals surface area contributed by atoms with Crippen molar-refractivity contribution in [1.29, 1.82) is 0 Å². The van der Waals surface area contributed by atoms with E-state index in [2.05, 4.69) is 10.6 Å². The van der Waals surface area contributed by atoms with Gasteiger partial charge in [-0.1, -0.05) is 6.07 Å². The third-order valence-corrected chi connectivity index (χ3v) is 3.24. The van der Waals surface area contributed by atoms with Crippen LogP contribution in [0.25, 0.3) is 0 Å². The summed E-state index contributed by atoms with van der Waals surface area (Å²) in [5.41, 5.74) is 1.99. The van der Waals surface area contributed by atoms with Crippen molar-refractivity contribution in [2.75, 3.05) is 11.9 Å². The maximum Gasteiger partial charge on any atom is 0.229 e. The summed E-state index contributed by atoms with van der Waals surface area (Å²) in [6, 6.07) is 3.50. The van der Waals surface area contributed by atoms with Gasteiger partial charge in [0.1, 0.15) is 5.75 Å². The molecule has 5 heteroatoms. The first-order chi connectivity index (χ1) is 8.49. The van der Waals surface area contributed by atoms with Crippen molar-refractivity contribution in [2.45, 2.75) is 20.3 Å². The summed E-state index contributed by atoms with van der Waals surface area (Å²) in [6.45, 7) is 3.92. The standard InChI is InChI=1S/C13H16N2O3/c1-7-3-4-10(8(2)12(7)17)15-13(18)9-5-11(16)14-6-9/h3-4,9,17H,5-6H2,1-2H3,(H,14,16)(H,15,18). The molecule has 2 rings (SSSR count). The van der Waals surface area contributed by atoms with Gasteiger partial charge in [-0.15, -0.1) is 0 Å². The second kappa shape index (κ2) is 4.68. The van der Waals surface area contributed by atoms with Crippen molar-refractivity contribution >= 4 is 17.5 Å². The molecule has 1 heterocycles. The Morgan fingerprint density at radius 2 is 2.17 bits per heavy atom. The summed E-state index contributed by atoms with van der Waals surface area (Å²) in [7, 11) is 0. The Labute approximate surface area is 105 Å². The smallest absolute Gasteiger partial charge is 0.229 e. The number of amides is 2. The Balaban J connectivity index is 2.12. The van der Waals surface area contributed by atoms with Gasteiger partial charge >= 0.3 is 0 Å². The topological polar surface area (TPSA) is 78.4 Å². The van der Waals surface area contributed by atoms with Gasteiger partial charge in [0, 0.05) is 24.2 Å². The molecule has 18 heavy (non-hydrogen) atoms. The van der Waals surface area contributed by atoms with Crippen LogP contribution in [-0.4, -0.2) is 23.5 Å². The number of phenolic OH excluding ortho intramolecular Hbond substituents is 1. The van der Waals surface area contributed by atoms with E-state index in [1.807, 2.05) is 0 Å². The minimum Gasteiger partial charge on any atom is -0.507 e. The molecule has 0 saturated carbocycles. The summed E-state index contributed by atoms with van der Waals surface area (Å²) in [6.07, 6.45) is 0.225. The van der Waals surface area contributed by atoms with E-state index in [4.69, 9.17) is 0 Å². The first kappa shape index (κ1) is 12.4. The van der Waals surface area contributed by atoms with Crippen LogP contribution in [0, 0.1) is 19.8 Å². The molecule has 1 aliphatic heterocycles. The van der Waals surface area contributed by atoms with Gasteiger partial charge in [-0.25, -0.2) is 0 Å². The van der Waals surface area contributed by atoms with E-state index in [0.29, 0.717) is 17.8 Å². The van der Waals surface area contributed by atoms with Crippen molar-refractivity contribution in [3.63, 3.8) is 0 Å². The molecule has 1 aromatic carbocycles. The molecule has 0 bridgehead atoms. The number of carbonyl (C=O) groups is 2. The Morgan fingerprint density at radius 1 is 1.44 bits per heavy atom. The number of hydrogen-bond acceptors (Lipinski definition) is 3. The Hall–Kier alpha value is -2.04. The van der Waals surface area contributed by atoms with E-state index >= 15 is 0 Å². The molecule has 3 N–H and O–H groups in total. The van der Waals surface area contributed by atoms with Crippen molar-refractivity contribution in [3.05, 3.63) is 23.3 Å². The zero-order chi connectivity index (χ0) is 13.3. The average molecular weight is 248 g/mol. The number of hydrogen-bond donors (Lipinski definition) is 3. The number of nitrogens with one attached hydrogen (secondary N) is 2. The fourth-order valence-electron chi connectivity index (χ4n) is 2.00. The van der Waals surface area contributed by atoms with Gasteiger partial charge in [0.15, 0.2) is 0 Å². The normalized spacial score (nSPS) is 18.6. The number of anilines is 1. The second-order valence-corrected chi connectivity index (χ2v) is 4.60. The Kier molecular flexibility index (Phi) is 3.23. The molecule has 5 nitrogen and oxygen atoms in total. The van der Waals surface area contributed by atoms with E-state index in [1.54, 1.807) is 26.0 Å². The number of aryl methyl sites for hydroxylation is 1. The second-order valence-electron chi connectivity index (χ2n) is 4.60. The van der Waals surface area contributed by atoms with Crippen LogP contribution >= 0.6 is 0 Å². The average Bonchev–Trinajstić information content (AvgIpc) is 2.77. The summed E-state index contributed by atoms with van der Waals surface area (Å²) < 4.78 is 0. The van der Waals surface area contributed by atoms with Gasteiger partial charge < -0.3 is 15.7 Å². The number of carbonyl (C=O) groups excluding carboxylic acids is 2. The molecule has 1 aliphatic rings. The van der Waals surface area contributed by atoms with Crippen LogP contribution in [0.3, 0.4) is 0 Å². The van der Waals surface area contributed by atoms with Crippen LogP contribution in [-0.2, 0) is 9.59 Å². The summed E-state index contributed by atoms with van der Waals surface area (Å²) in [4.78, 5) is 23.0. The number of phenols is 1. The highest BCUT2D eigenvalue weighted by Crippen LogP contribution is 2.28. The van der Waals surface area contributed by atoms with Gasteiger partial charge in [-0.2, -0.15) is 0 Å². The molecule has 2 amide bonds.